The van der Waals surface area contributed by atoms with Gasteiger partial charge < -0.3 is 29.4 Å². The molecule has 6 aliphatic rings. The van der Waals surface area contributed by atoms with Gasteiger partial charge in [-0.25, -0.2) is 0 Å². The molecule has 0 saturated heterocycles. The van der Waals surface area contributed by atoms with Crippen LogP contribution in [0, 0.1) is 27.7 Å². The third kappa shape index (κ3) is 15.0. The average Bonchev–Trinajstić information content (AvgIpc) is 0.679. The van der Waals surface area contributed by atoms with Gasteiger partial charge in [0.25, 0.3) is 20.1 Å². The smallest absolute Gasteiger partial charge is 0.252 e. The number of benzene rings is 15. The lowest BCUT2D eigenvalue weighted by atomic mass is 9.32. The van der Waals surface area contributed by atoms with Crippen molar-refractivity contribution < 1.29 is 0 Å². The minimum Gasteiger partial charge on any atom is -0.311 e. The molecule has 0 bridgehead atoms. The van der Waals surface area contributed by atoms with E-state index in [1.54, 1.807) is 0 Å². The van der Waals surface area contributed by atoms with Crippen LogP contribution < -0.4 is 88.9 Å². The van der Waals surface area contributed by atoms with Crippen molar-refractivity contribution in [3.05, 3.63) is 364 Å². The number of para-hydroxylation sites is 2. The van der Waals surface area contributed by atoms with E-state index < -0.39 is 21.6 Å². The van der Waals surface area contributed by atoms with Gasteiger partial charge in [-0.15, -0.1) is 0 Å². The third-order valence-corrected chi connectivity index (χ3v) is 35.3. The number of nitrogens with zero attached hydrogens (tertiary/aromatic N) is 6. The van der Waals surface area contributed by atoms with Crippen LogP contribution in [0.25, 0.3) is 0 Å². The van der Waals surface area contributed by atoms with E-state index in [4.69, 9.17) is 0 Å². The van der Waals surface area contributed by atoms with Crippen molar-refractivity contribution in [3.8, 4) is 0 Å². The van der Waals surface area contributed by atoms with Crippen molar-refractivity contribution in [3.63, 3.8) is 0 Å². The van der Waals surface area contributed by atoms with Crippen LogP contribution in [0.3, 0.4) is 0 Å². The highest BCUT2D eigenvalue weighted by atomic mass is 28.3. The Morgan fingerprint density at radius 1 is 0.197 bits per heavy atom. The topological polar surface area (TPSA) is 19.4 Å². The van der Waals surface area contributed by atoms with Gasteiger partial charge in [0.1, 0.15) is 0 Å². The number of fused-ring (bicyclic) bond motifs is 12. The molecule has 21 rings (SSSR count). The zero-order chi connectivity index (χ0) is 96.9. The van der Waals surface area contributed by atoms with Crippen LogP contribution >= 0.6 is 0 Å². The molecule has 15 aromatic rings. The minimum atomic E-state index is -1.86. The Labute approximate surface area is 821 Å². The Balaban J connectivity index is 0.917. The van der Waals surface area contributed by atoms with Gasteiger partial charge in [0.15, 0.2) is 0 Å². The molecule has 6 heterocycles. The Kier molecular flexibility index (Phi) is 21.0. The van der Waals surface area contributed by atoms with Crippen LogP contribution in [0.5, 0.6) is 0 Å². The molecule has 1 unspecified atom stereocenters. The lowest BCUT2D eigenvalue weighted by molar-refractivity contribution is 0.590. The lowest BCUT2D eigenvalue weighted by Gasteiger charge is -2.49. The molecule has 0 aromatic heterocycles. The van der Waals surface area contributed by atoms with Gasteiger partial charge in [-0.05, 0) is 316 Å². The number of anilines is 18. The normalized spacial score (nSPS) is 14.8. The van der Waals surface area contributed by atoms with Gasteiger partial charge in [0.2, 0.25) is 0 Å². The minimum absolute atomic E-state index is 0.0261. The first kappa shape index (κ1) is 91.2. The van der Waals surface area contributed by atoms with Gasteiger partial charge >= 0.3 is 0 Å². The highest BCUT2D eigenvalue weighted by Gasteiger charge is 2.53. The lowest BCUT2D eigenvalue weighted by Crippen LogP contribution is -2.62. The van der Waals surface area contributed by atoms with Gasteiger partial charge in [0.05, 0.1) is 16.1 Å². The molecule has 0 radical (unpaired) electrons. The van der Waals surface area contributed by atoms with E-state index in [2.05, 4.69) is 519 Å². The monoisotopic (exact) mass is 1820 g/mol. The second-order valence-corrected chi connectivity index (χ2v) is 59.4. The van der Waals surface area contributed by atoms with E-state index in [9.17, 15) is 0 Å². The molecular formula is C126H135B3N6Si2. The molecule has 686 valence electrons. The predicted molar refractivity (Wildman–Crippen MR) is 604 cm³/mol. The van der Waals surface area contributed by atoms with E-state index in [-0.39, 0.29) is 52.6 Å². The fraction of sp³-hybridized carbons (Fsp3) is 0.286. The molecule has 0 saturated carbocycles. The van der Waals surface area contributed by atoms with Gasteiger partial charge in [-0.1, -0.05) is 338 Å². The molecular weight excluding hydrogens is 1690 g/mol. The van der Waals surface area contributed by atoms with Crippen molar-refractivity contribution in [2.24, 2.45) is 0 Å². The van der Waals surface area contributed by atoms with Crippen molar-refractivity contribution >= 4 is 198 Å². The van der Waals surface area contributed by atoms with E-state index in [0.29, 0.717) is 0 Å². The van der Waals surface area contributed by atoms with E-state index in [1.165, 1.54) is 200 Å². The van der Waals surface area contributed by atoms with Crippen LogP contribution in [-0.4, -0.2) is 36.3 Å². The Bertz CT molecular complexity index is 7420. The summed E-state index contributed by atoms with van der Waals surface area (Å²) in [6.45, 7) is 68.7. The molecule has 0 aliphatic carbocycles. The molecule has 6 nitrogen and oxygen atoms in total. The average molecular weight is 1820 g/mol. The zero-order valence-corrected chi connectivity index (χ0v) is 88.6. The SMILES string of the molecule is Cc1ccc(N2c3cc(C)cc4c3B(c3cc(C(C)(C)C)ccc3N4c3ccc(C(C)(C)C)cc3)c3cccc(C(C)(c4ccc5c(c4)N(c4ccc([Si](C)(C)C)cc4)c4cc(C)cc6c4B5c4cc(C(C)(C)C)ccc4N6c4ccc(C(C)(C)C)cc4)c4cccc5c4N(c4ccc([Si](C)(C)C)cc4)c4cc(C)cc6c4B5c4cc(C(C)(C)C)ccc4N6c4ccc(C(C)(C)C)cc4)c32)cc1. The maximum absolute atomic E-state index is 2.77. The highest BCUT2D eigenvalue weighted by molar-refractivity contribution is 7.02. The summed E-state index contributed by atoms with van der Waals surface area (Å²) in [6, 6.07) is 119. The summed E-state index contributed by atoms with van der Waals surface area (Å²) in [5.74, 6) is 0. The fourth-order valence-electron chi connectivity index (χ4n) is 23.4. The first-order valence-corrected chi connectivity index (χ1v) is 57.2. The summed E-state index contributed by atoms with van der Waals surface area (Å²) in [5, 5.41) is 2.86. The molecule has 0 amide bonds. The first-order chi connectivity index (χ1) is 64.5. The predicted octanol–water partition coefficient (Wildman–Crippen LogP) is 27.4. The largest absolute Gasteiger partial charge is 0.311 e. The van der Waals surface area contributed by atoms with Crippen molar-refractivity contribution in [2.45, 2.75) is 236 Å². The fourth-order valence-corrected chi connectivity index (χ4v) is 25.7. The van der Waals surface area contributed by atoms with Crippen molar-refractivity contribution in [2.75, 3.05) is 29.4 Å². The molecule has 137 heavy (non-hydrogen) atoms. The molecule has 15 aromatic carbocycles. The second-order valence-electron chi connectivity index (χ2n) is 49.2. The number of hydrogen-bond acceptors (Lipinski definition) is 6. The van der Waals surface area contributed by atoms with Gasteiger partial charge in [-0.3, -0.25) is 0 Å². The van der Waals surface area contributed by atoms with E-state index in [1.807, 2.05) is 0 Å². The van der Waals surface area contributed by atoms with Crippen LogP contribution in [0.2, 0.25) is 39.3 Å². The molecule has 0 spiro atoms. The summed E-state index contributed by atoms with van der Waals surface area (Å²) >= 11 is 0. The molecule has 0 fully saturated rings. The second kappa shape index (κ2) is 31.6. The zero-order valence-electron chi connectivity index (χ0n) is 86.6. The molecule has 0 N–H and O–H groups in total. The summed E-state index contributed by atoms with van der Waals surface area (Å²) in [5.41, 5.74) is 47.6. The van der Waals surface area contributed by atoms with Gasteiger partial charge in [-0.2, -0.15) is 0 Å². The van der Waals surface area contributed by atoms with Gasteiger partial charge in [0, 0.05) is 108 Å². The number of rotatable bonds is 11. The summed E-state index contributed by atoms with van der Waals surface area (Å²) < 4.78 is 0. The number of aryl methyl sites for hydroxylation is 4. The van der Waals surface area contributed by atoms with Crippen molar-refractivity contribution in [1.29, 1.82) is 0 Å². The van der Waals surface area contributed by atoms with E-state index >= 15 is 0 Å². The number of hydrogen-bond donors (Lipinski definition) is 0. The quantitative estimate of drug-likeness (QED) is 0.0943. The first-order valence-electron chi connectivity index (χ1n) is 50.2. The Morgan fingerprint density at radius 3 is 0.737 bits per heavy atom. The highest BCUT2D eigenvalue weighted by Crippen LogP contribution is 2.57. The van der Waals surface area contributed by atoms with Crippen molar-refractivity contribution in [1.82, 2.24) is 0 Å². The Hall–Kier alpha value is -12.3. The molecule has 6 aliphatic heterocycles. The molecule has 11 heteroatoms. The Morgan fingerprint density at radius 2 is 0.445 bits per heavy atom. The molecule has 1 atom stereocenters. The summed E-state index contributed by atoms with van der Waals surface area (Å²) in [4.78, 5) is 16.1. The summed E-state index contributed by atoms with van der Waals surface area (Å²) in [7, 11) is -3.69. The maximum Gasteiger partial charge on any atom is 0.252 e. The standard InChI is InChI=1S/C126H135B3N6Si2/c1-78-36-48-93(49-37-78)134-113-72-80(3)69-110-116(113)128(103-75-86(124(17,18)19)46-66-106(103)131(110)90-52-40-83(41-53-90)121(8,9)10)100-34-30-32-97(118(100)134)126(23,88-44-64-99-108(77-88)133(92-56-60-95(61-57-92)136(24,25)26)112-71-79(2)68-109-115(112)127(99)102-74-85(123(14,15)16)45-65-105(102)130(109)89-50-38-82(39-51-89)120(5,6)7)98-33-31-35-101-119(98)135(94-58-62-96(63-59-94)137(27,28)29)114-73-81(4)70-111-117(114)129(101)104-76-87(125(20,21)22)47-67-107(104)132(111)91-54-42-84(43-55-91)122(11,12)13/h30-77H,1-29H3. The third-order valence-electron chi connectivity index (χ3n) is 31.2. The van der Waals surface area contributed by atoms with Crippen LogP contribution in [0.1, 0.15) is 204 Å². The van der Waals surface area contributed by atoms with E-state index in [0.717, 1.165) is 34.1 Å². The summed E-state index contributed by atoms with van der Waals surface area (Å²) in [6.07, 6.45) is 0. The van der Waals surface area contributed by atoms with Crippen LogP contribution in [0.4, 0.5) is 102 Å². The van der Waals surface area contributed by atoms with Crippen LogP contribution in [-0.2, 0) is 37.9 Å². The van der Waals surface area contributed by atoms with Crippen LogP contribution in [0.15, 0.2) is 291 Å². The maximum atomic E-state index is 2.77.